The Morgan fingerprint density at radius 2 is 1.88 bits per heavy atom. The average Bonchev–Trinajstić information content (AvgIpc) is 3.18. The van der Waals surface area contributed by atoms with Crippen molar-refractivity contribution in [3.8, 4) is 0 Å². The summed E-state index contributed by atoms with van der Waals surface area (Å²) < 4.78 is 11.7. The highest BCUT2D eigenvalue weighted by Crippen LogP contribution is 2.67. The number of rotatable bonds is 0. The molecule has 0 bridgehead atoms. The zero-order valence-corrected chi connectivity index (χ0v) is 16.8. The van der Waals surface area contributed by atoms with Crippen LogP contribution in [0.2, 0.25) is 6.82 Å². The van der Waals surface area contributed by atoms with E-state index in [4.69, 9.17) is 9.31 Å². The summed E-state index contributed by atoms with van der Waals surface area (Å²) in [6, 6.07) is 0. The van der Waals surface area contributed by atoms with Gasteiger partial charge in [0.2, 0.25) is 0 Å². The van der Waals surface area contributed by atoms with Crippen molar-refractivity contribution in [3.05, 3.63) is 11.3 Å². The molecule has 144 valence electrons. The first kappa shape index (κ1) is 17.6. The van der Waals surface area contributed by atoms with Crippen LogP contribution in [0.4, 0.5) is 0 Å². The number of hydrogen-bond donors (Lipinski definition) is 1. The number of allylic oxidation sites excluding steroid dienone is 1. The third-order valence-electron chi connectivity index (χ3n) is 9.52. The van der Waals surface area contributed by atoms with Crippen molar-refractivity contribution >= 4 is 7.12 Å². The van der Waals surface area contributed by atoms with Crippen LogP contribution in [0.5, 0.6) is 0 Å². The van der Waals surface area contributed by atoms with Crippen molar-refractivity contribution in [3.63, 3.8) is 0 Å². The third kappa shape index (κ3) is 2.40. The van der Waals surface area contributed by atoms with E-state index in [1.807, 2.05) is 6.82 Å². The first-order valence-corrected chi connectivity index (χ1v) is 11.1. The van der Waals surface area contributed by atoms with Gasteiger partial charge in [0, 0.05) is 0 Å². The van der Waals surface area contributed by atoms with E-state index >= 15 is 0 Å². The Morgan fingerprint density at radius 3 is 2.65 bits per heavy atom. The molecule has 7 atom stereocenters. The smallest absolute Gasteiger partial charge is 0.522 e. The van der Waals surface area contributed by atoms with E-state index in [0.717, 1.165) is 36.5 Å². The zero-order valence-electron chi connectivity index (χ0n) is 16.8. The van der Waals surface area contributed by atoms with Crippen LogP contribution in [0.15, 0.2) is 11.3 Å². The second-order valence-corrected chi connectivity index (χ2v) is 10.5. The molecule has 0 aromatic heterocycles. The van der Waals surface area contributed by atoms with Crippen LogP contribution in [-0.4, -0.2) is 24.9 Å². The molecule has 1 heterocycles. The molecule has 1 aliphatic heterocycles. The number of hydrogen-bond acceptors (Lipinski definition) is 3. The van der Waals surface area contributed by atoms with Gasteiger partial charge in [0.1, 0.15) is 5.76 Å². The van der Waals surface area contributed by atoms with E-state index in [-0.39, 0.29) is 13.2 Å². The van der Waals surface area contributed by atoms with Crippen LogP contribution in [0.1, 0.15) is 71.6 Å². The van der Waals surface area contributed by atoms with Crippen molar-refractivity contribution in [2.24, 2.45) is 34.5 Å². The van der Waals surface area contributed by atoms with Gasteiger partial charge in [-0.1, -0.05) is 13.8 Å². The van der Waals surface area contributed by atoms with Gasteiger partial charge in [-0.2, -0.15) is 0 Å². The van der Waals surface area contributed by atoms with Gasteiger partial charge in [0.05, 0.1) is 12.7 Å². The third-order valence-corrected chi connectivity index (χ3v) is 9.52. The first-order chi connectivity index (χ1) is 12.4. The predicted molar refractivity (Wildman–Crippen MR) is 103 cm³/mol. The Labute approximate surface area is 159 Å². The van der Waals surface area contributed by atoms with Gasteiger partial charge in [0.15, 0.2) is 0 Å². The van der Waals surface area contributed by atoms with Gasteiger partial charge in [-0.25, -0.2) is 0 Å². The summed E-state index contributed by atoms with van der Waals surface area (Å²) in [7, 11) is -0.0699. The minimum atomic E-state index is -0.0699. The molecule has 0 aromatic carbocycles. The Hall–Kier alpha value is -0.475. The van der Waals surface area contributed by atoms with Gasteiger partial charge < -0.3 is 14.4 Å². The fraction of sp³-hybridized carbons (Fsp3) is 0.909. The van der Waals surface area contributed by atoms with E-state index in [1.54, 1.807) is 5.57 Å². The molecule has 4 heteroatoms. The molecular weight excluding hydrogens is 323 g/mol. The lowest BCUT2D eigenvalue weighted by molar-refractivity contribution is -0.116. The second kappa shape index (κ2) is 6.01. The molecule has 1 saturated heterocycles. The summed E-state index contributed by atoms with van der Waals surface area (Å²) in [4.78, 5) is 0. The molecule has 4 saturated carbocycles. The molecule has 5 rings (SSSR count). The number of fused-ring (bicyclic) bond motifs is 5. The highest BCUT2D eigenvalue weighted by atomic mass is 16.6. The Kier molecular flexibility index (Phi) is 4.07. The SMILES string of the molecule is CB1OC/C(=C2\CC[C@H]3[C@@H]4CC[C@H]5C[C@H](O)CC[C@]5(C)[C@H]4CC[C@]23C)O1. The molecule has 0 radical (unpaired) electrons. The summed E-state index contributed by atoms with van der Waals surface area (Å²) in [6.07, 6.45) is 11.3. The van der Waals surface area contributed by atoms with Crippen molar-refractivity contribution in [1.82, 2.24) is 0 Å². The van der Waals surface area contributed by atoms with E-state index in [0.29, 0.717) is 17.4 Å². The molecule has 0 unspecified atom stereocenters. The molecule has 0 aromatic rings. The topological polar surface area (TPSA) is 38.7 Å². The summed E-state index contributed by atoms with van der Waals surface area (Å²) in [5, 5.41) is 10.2. The summed E-state index contributed by atoms with van der Waals surface area (Å²) >= 11 is 0. The monoisotopic (exact) mass is 358 g/mol. The molecule has 0 spiro atoms. The van der Waals surface area contributed by atoms with Crippen molar-refractivity contribution < 1.29 is 14.4 Å². The standard InChI is InChI=1S/C22H35BO3/c1-21-10-8-15(24)12-14(21)4-5-16-17-6-7-19(20-13-25-23(3)26-20)22(17,2)11-9-18(16)21/h14-18,24H,4-13H2,1-3H3/b20-19-/t14-,15+,16-,17-,18-,21-,22-/m0/s1. The average molecular weight is 358 g/mol. The van der Waals surface area contributed by atoms with Gasteiger partial charge in [0.25, 0.3) is 0 Å². The van der Waals surface area contributed by atoms with Gasteiger partial charge in [-0.05, 0) is 105 Å². The normalized spacial score (nSPS) is 53.7. The maximum atomic E-state index is 10.2. The van der Waals surface area contributed by atoms with Crippen LogP contribution in [-0.2, 0) is 9.31 Å². The molecule has 0 amide bonds. The lowest BCUT2D eigenvalue weighted by Gasteiger charge is -2.60. The first-order valence-electron chi connectivity index (χ1n) is 11.1. The molecule has 3 nitrogen and oxygen atoms in total. The highest BCUT2D eigenvalue weighted by molar-refractivity contribution is 6.43. The molecular formula is C22H35BO3. The molecule has 1 N–H and O–H groups in total. The quantitative estimate of drug-likeness (QED) is 0.632. The van der Waals surface area contributed by atoms with Gasteiger partial charge >= 0.3 is 7.12 Å². The zero-order chi connectivity index (χ0) is 18.1. The van der Waals surface area contributed by atoms with Crippen LogP contribution < -0.4 is 0 Å². The minimum Gasteiger partial charge on any atom is -0.538 e. The van der Waals surface area contributed by atoms with Crippen molar-refractivity contribution in [1.29, 1.82) is 0 Å². The Balaban J connectivity index is 1.43. The van der Waals surface area contributed by atoms with Crippen molar-refractivity contribution in [2.45, 2.75) is 84.6 Å². The van der Waals surface area contributed by atoms with Gasteiger partial charge in [-0.3, -0.25) is 0 Å². The van der Waals surface area contributed by atoms with E-state index in [1.165, 1.54) is 50.7 Å². The minimum absolute atomic E-state index is 0.0391. The molecule has 26 heavy (non-hydrogen) atoms. The highest BCUT2D eigenvalue weighted by Gasteiger charge is 2.59. The van der Waals surface area contributed by atoms with Crippen LogP contribution in [0.3, 0.4) is 0 Å². The number of aliphatic hydroxyl groups is 1. The number of aliphatic hydroxyl groups excluding tert-OH is 1. The lowest BCUT2D eigenvalue weighted by atomic mass is 9.45. The fourth-order valence-corrected chi connectivity index (χ4v) is 8.13. The maximum Gasteiger partial charge on any atom is 0.522 e. The Bertz CT molecular complexity index is 619. The van der Waals surface area contributed by atoms with Crippen LogP contribution in [0.25, 0.3) is 0 Å². The summed E-state index contributed by atoms with van der Waals surface area (Å²) in [6.45, 7) is 7.81. The summed E-state index contributed by atoms with van der Waals surface area (Å²) in [5.74, 6) is 4.50. The van der Waals surface area contributed by atoms with Gasteiger partial charge in [-0.15, -0.1) is 0 Å². The Morgan fingerprint density at radius 1 is 1.04 bits per heavy atom. The van der Waals surface area contributed by atoms with E-state index in [9.17, 15) is 5.11 Å². The van der Waals surface area contributed by atoms with Crippen LogP contribution >= 0.6 is 0 Å². The molecule has 4 aliphatic carbocycles. The van der Waals surface area contributed by atoms with E-state index in [2.05, 4.69) is 13.8 Å². The lowest BCUT2D eigenvalue weighted by Crippen LogP contribution is -2.53. The summed E-state index contributed by atoms with van der Waals surface area (Å²) in [5.41, 5.74) is 2.40. The molecule has 5 fully saturated rings. The largest absolute Gasteiger partial charge is 0.538 e. The fourth-order valence-electron chi connectivity index (χ4n) is 8.13. The van der Waals surface area contributed by atoms with E-state index < -0.39 is 0 Å². The van der Waals surface area contributed by atoms with Crippen molar-refractivity contribution in [2.75, 3.05) is 6.61 Å². The second-order valence-electron chi connectivity index (χ2n) is 10.5. The maximum absolute atomic E-state index is 10.2. The van der Waals surface area contributed by atoms with Crippen LogP contribution in [0, 0.1) is 34.5 Å². The predicted octanol–water partition coefficient (Wildman–Crippen LogP) is 4.81. The molecule has 5 aliphatic rings.